The van der Waals surface area contributed by atoms with Gasteiger partial charge in [0.2, 0.25) is 5.91 Å². The monoisotopic (exact) mass is 293 g/mol. The highest BCUT2D eigenvalue weighted by molar-refractivity contribution is 5.82. The van der Waals surface area contributed by atoms with Gasteiger partial charge in [-0.3, -0.25) is 4.79 Å². The third-order valence-corrected chi connectivity index (χ3v) is 2.71. The second kappa shape index (κ2) is 8.84. The Kier molecular flexibility index (Phi) is 7.08. The Hall–Kier alpha value is -2.24. The molecule has 0 fully saturated rings. The largest absolute Gasteiger partial charge is 0.445 e. The molecule has 0 radical (unpaired) electrons. The molecule has 116 valence electrons. The van der Waals surface area contributed by atoms with Crippen molar-refractivity contribution in [2.24, 2.45) is 5.92 Å². The second-order valence-electron chi connectivity index (χ2n) is 5.07. The van der Waals surface area contributed by atoms with Crippen molar-refractivity contribution < 1.29 is 14.3 Å². The maximum Gasteiger partial charge on any atom is 0.407 e. The summed E-state index contributed by atoms with van der Waals surface area (Å²) >= 11 is 0. The van der Waals surface area contributed by atoms with Crippen LogP contribution in [-0.4, -0.2) is 32.1 Å². The first-order valence-corrected chi connectivity index (χ1v) is 6.95. The topological polar surface area (TPSA) is 79.5 Å². The van der Waals surface area contributed by atoms with Crippen LogP contribution in [-0.2, 0) is 16.1 Å². The van der Waals surface area contributed by atoms with Gasteiger partial charge in [-0.05, 0) is 23.6 Å². The van der Waals surface area contributed by atoms with Crippen molar-refractivity contribution in [3.63, 3.8) is 0 Å². The smallest absolute Gasteiger partial charge is 0.407 e. The molecule has 0 aliphatic heterocycles. The highest BCUT2D eigenvalue weighted by Crippen LogP contribution is 2.09. The van der Waals surface area contributed by atoms with Crippen molar-refractivity contribution in [1.29, 1.82) is 0 Å². The van der Waals surface area contributed by atoms with Crippen LogP contribution in [0.1, 0.15) is 19.4 Å². The van der Waals surface area contributed by atoms with E-state index in [4.69, 9.17) is 4.74 Å². The molecule has 0 aliphatic carbocycles. The number of carbonyl (C=O) groups excluding carboxylic acids is 2. The molecule has 0 spiro atoms. The Labute approximate surface area is 125 Å². The minimum absolute atomic E-state index is 0.0791. The van der Waals surface area contributed by atoms with Gasteiger partial charge in [0, 0.05) is 19.3 Å². The molecule has 0 heterocycles. The normalized spacial score (nSPS) is 10.1. The quantitative estimate of drug-likeness (QED) is 0.715. The molecule has 0 unspecified atom stereocenters. The number of benzene rings is 1. The summed E-state index contributed by atoms with van der Waals surface area (Å²) in [7, 11) is 1.84. The lowest BCUT2D eigenvalue weighted by molar-refractivity contribution is -0.120. The first kappa shape index (κ1) is 16.8. The van der Waals surface area contributed by atoms with Gasteiger partial charge in [-0.15, -0.1) is 0 Å². The first-order valence-electron chi connectivity index (χ1n) is 6.95. The first-order chi connectivity index (χ1) is 10.0. The van der Waals surface area contributed by atoms with Crippen molar-refractivity contribution in [1.82, 2.24) is 10.6 Å². The van der Waals surface area contributed by atoms with E-state index in [-0.39, 0.29) is 19.1 Å². The number of anilines is 1. The number of alkyl carbamates (subject to hydrolysis) is 1. The van der Waals surface area contributed by atoms with Gasteiger partial charge in [0.1, 0.15) is 6.61 Å². The van der Waals surface area contributed by atoms with Crippen molar-refractivity contribution >= 4 is 17.7 Å². The maximum absolute atomic E-state index is 11.5. The Morgan fingerprint density at radius 1 is 1.14 bits per heavy atom. The summed E-state index contributed by atoms with van der Waals surface area (Å²) < 4.78 is 5.03. The molecular weight excluding hydrogens is 270 g/mol. The van der Waals surface area contributed by atoms with E-state index < -0.39 is 6.09 Å². The standard InChI is InChI=1S/C15H23N3O3/c1-11(2)8-17-14(19)9-18-15(20)21-10-12-4-6-13(16-3)7-5-12/h4-7,11,16H,8-10H2,1-3H3,(H,17,19)(H,18,20). The Balaban J connectivity index is 2.22. The average molecular weight is 293 g/mol. The van der Waals surface area contributed by atoms with Gasteiger partial charge in [-0.2, -0.15) is 0 Å². The van der Waals surface area contributed by atoms with E-state index in [1.807, 2.05) is 45.2 Å². The molecule has 2 amide bonds. The molecule has 0 aromatic heterocycles. The van der Waals surface area contributed by atoms with Crippen LogP contribution in [0.5, 0.6) is 0 Å². The van der Waals surface area contributed by atoms with Crippen LogP contribution in [0.4, 0.5) is 10.5 Å². The number of hydrogen-bond acceptors (Lipinski definition) is 4. The van der Waals surface area contributed by atoms with Gasteiger partial charge in [0.05, 0.1) is 6.54 Å². The summed E-state index contributed by atoms with van der Waals surface area (Å²) in [6.45, 7) is 4.68. The van der Waals surface area contributed by atoms with Crippen LogP contribution < -0.4 is 16.0 Å². The third-order valence-electron chi connectivity index (χ3n) is 2.71. The second-order valence-corrected chi connectivity index (χ2v) is 5.07. The van der Waals surface area contributed by atoms with Gasteiger partial charge >= 0.3 is 6.09 Å². The van der Waals surface area contributed by atoms with Crippen molar-refractivity contribution in [2.45, 2.75) is 20.5 Å². The zero-order valence-corrected chi connectivity index (χ0v) is 12.7. The predicted octanol–water partition coefficient (Wildman–Crippen LogP) is 1.73. The van der Waals surface area contributed by atoms with E-state index >= 15 is 0 Å². The molecule has 0 bridgehead atoms. The molecule has 0 saturated carbocycles. The van der Waals surface area contributed by atoms with Crippen LogP contribution in [0.15, 0.2) is 24.3 Å². The predicted molar refractivity (Wildman–Crippen MR) is 82.0 cm³/mol. The fraction of sp³-hybridized carbons (Fsp3) is 0.467. The summed E-state index contributed by atoms with van der Waals surface area (Å²) in [5.41, 5.74) is 1.87. The molecule has 0 aliphatic rings. The van der Waals surface area contributed by atoms with Crippen LogP contribution in [0.2, 0.25) is 0 Å². The Bertz CT molecular complexity index is 458. The summed E-state index contributed by atoms with van der Waals surface area (Å²) in [6, 6.07) is 7.54. The van der Waals surface area contributed by atoms with Crippen LogP contribution >= 0.6 is 0 Å². The van der Waals surface area contributed by atoms with E-state index in [2.05, 4.69) is 16.0 Å². The number of amides is 2. The Morgan fingerprint density at radius 3 is 2.38 bits per heavy atom. The lowest BCUT2D eigenvalue weighted by Gasteiger charge is -2.09. The number of carbonyl (C=O) groups is 2. The van der Waals surface area contributed by atoms with E-state index in [0.717, 1.165) is 11.3 Å². The van der Waals surface area contributed by atoms with Crippen LogP contribution in [0, 0.1) is 5.92 Å². The molecular formula is C15H23N3O3. The fourth-order valence-electron chi connectivity index (χ4n) is 1.50. The van der Waals surface area contributed by atoms with Crippen LogP contribution in [0.25, 0.3) is 0 Å². The molecule has 21 heavy (non-hydrogen) atoms. The lowest BCUT2D eigenvalue weighted by atomic mass is 10.2. The SMILES string of the molecule is CNc1ccc(COC(=O)NCC(=O)NCC(C)C)cc1. The zero-order valence-electron chi connectivity index (χ0n) is 12.7. The van der Waals surface area contributed by atoms with Gasteiger partial charge < -0.3 is 20.7 Å². The van der Waals surface area contributed by atoms with E-state index in [0.29, 0.717) is 12.5 Å². The highest BCUT2D eigenvalue weighted by atomic mass is 16.5. The van der Waals surface area contributed by atoms with E-state index in [1.165, 1.54) is 0 Å². The number of rotatable bonds is 7. The molecule has 0 atom stereocenters. The van der Waals surface area contributed by atoms with Crippen molar-refractivity contribution in [2.75, 3.05) is 25.5 Å². The van der Waals surface area contributed by atoms with Crippen molar-refractivity contribution in [3.8, 4) is 0 Å². The molecule has 1 rings (SSSR count). The van der Waals surface area contributed by atoms with E-state index in [9.17, 15) is 9.59 Å². The maximum atomic E-state index is 11.5. The molecule has 1 aromatic carbocycles. The summed E-state index contributed by atoms with van der Waals surface area (Å²) in [5, 5.41) is 8.13. The lowest BCUT2D eigenvalue weighted by Crippen LogP contribution is -2.38. The molecule has 1 aromatic rings. The molecule has 6 heteroatoms. The number of hydrogen-bond donors (Lipinski definition) is 3. The fourth-order valence-corrected chi connectivity index (χ4v) is 1.50. The summed E-state index contributed by atoms with van der Waals surface area (Å²) in [4.78, 5) is 22.9. The number of nitrogens with one attached hydrogen (secondary N) is 3. The minimum Gasteiger partial charge on any atom is -0.445 e. The minimum atomic E-state index is -0.604. The molecule has 3 N–H and O–H groups in total. The van der Waals surface area contributed by atoms with Crippen molar-refractivity contribution in [3.05, 3.63) is 29.8 Å². The highest BCUT2D eigenvalue weighted by Gasteiger charge is 2.06. The van der Waals surface area contributed by atoms with E-state index in [1.54, 1.807) is 0 Å². The molecule has 0 saturated heterocycles. The van der Waals surface area contributed by atoms with Gasteiger partial charge in [-0.25, -0.2) is 4.79 Å². The Morgan fingerprint density at radius 2 is 1.81 bits per heavy atom. The van der Waals surface area contributed by atoms with Gasteiger partial charge in [0.25, 0.3) is 0 Å². The van der Waals surface area contributed by atoms with Gasteiger partial charge in [-0.1, -0.05) is 26.0 Å². The number of ether oxygens (including phenoxy) is 1. The zero-order chi connectivity index (χ0) is 15.7. The molecule has 6 nitrogen and oxygen atoms in total. The summed E-state index contributed by atoms with van der Waals surface area (Å²) in [6.07, 6.45) is -0.604. The third kappa shape index (κ3) is 7.20. The van der Waals surface area contributed by atoms with Gasteiger partial charge in [0.15, 0.2) is 0 Å². The van der Waals surface area contributed by atoms with Crippen LogP contribution in [0.3, 0.4) is 0 Å². The summed E-state index contributed by atoms with van der Waals surface area (Å²) in [5.74, 6) is 0.153. The average Bonchev–Trinajstić information content (AvgIpc) is 2.49.